The van der Waals surface area contributed by atoms with Gasteiger partial charge in [-0.15, -0.1) is 0 Å². The Kier molecular flexibility index (Phi) is 9.85. The number of nitrogens with zero attached hydrogens (tertiary/aromatic N) is 3. The number of carbonyl (C=O) groups is 1. The summed E-state index contributed by atoms with van der Waals surface area (Å²) in [5, 5.41) is 3.38. The number of piperidine rings is 1. The van der Waals surface area contributed by atoms with Gasteiger partial charge in [-0.2, -0.15) is 0 Å². The number of hydrogen-bond donors (Lipinski definition) is 1. The maximum atomic E-state index is 11.9. The first-order valence-electron chi connectivity index (χ1n) is 9.96. The molecule has 0 radical (unpaired) electrons. The van der Waals surface area contributed by atoms with Crippen molar-refractivity contribution < 1.29 is 18.7 Å². The summed E-state index contributed by atoms with van der Waals surface area (Å²) in [5.41, 5.74) is 0. The standard InChI is InChI=1S/C20H34N4O4/c1-23(2)19(25)16-22-20(21-10-7-17-6-4-14-27-17)24-11-8-18(9-12-24)28-15-5-13-26-3/h4,6,14,18H,5,7-13,15-16H2,1-3H3,(H,21,22). The first-order valence-corrected chi connectivity index (χ1v) is 9.96. The van der Waals surface area contributed by atoms with Crippen LogP contribution in [0.5, 0.6) is 0 Å². The second-order valence-electron chi connectivity index (χ2n) is 7.09. The lowest BCUT2D eigenvalue weighted by atomic mass is 10.1. The molecule has 28 heavy (non-hydrogen) atoms. The van der Waals surface area contributed by atoms with E-state index in [1.54, 1.807) is 32.4 Å². The van der Waals surface area contributed by atoms with Gasteiger partial charge in [0, 0.05) is 60.5 Å². The molecular formula is C20H34N4O4. The average Bonchev–Trinajstić information content (AvgIpc) is 3.21. The van der Waals surface area contributed by atoms with Gasteiger partial charge in [0.25, 0.3) is 0 Å². The lowest BCUT2D eigenvalue weighted by Crippen LogP contribution is -2.48. The molecule has 1 aromatic rings. The van der Waals surface area contributed by atoms with Crippen molar-refractivity contribution in [2.45, 2.75) is 31.8 Å². The second-order valence-corrected chi connectivity index (χ2v) is 7.09. The van der Waals surface area contributed by atoms with Gasteiger partial charge >= 0.3 is 0 Å². The molecule has 0 spiro atoms. The molecule has 1 fully saturated rings. The quantitative estimate of drug-likeness (QED) is 0.367. The fraction of sp³-hybridized carbons (Fsp3) is 0.700. The molecule has 0 aromatic carbocycles. The Bertz CT molecular complexity index is 581. The highest BCUT2D eigenvalue weighted by molar-refractivity contribution is 5.84. The molecule has 1 amide bonds. The topological polar surface area (TPSA) is 79.5 Å². The third-order valence-electron chi connectivity index (χ3n) is 4.69. The van der Waals surface area contributed by atoms with E-state index in [2.05, 4.69) is 15.2 Å². The molecule has 1 aliphatic rings. The normalized spacial score (nSPS) is 15.7. The van der Waals surface area contributed by atoms with Gasteiger partial charge < -0.3 is 29.0 Å². The SMILES string of the molecule is COCCCOC1CCN(C(=NCC(=O)N(C)C)NCCc2ccco2)CC1. The van der Waals surface area contributed by atoms with Crippen LogP contribution >= 0.6 is 0 Å². The van der Waals surface area contributed by atoms with E-state index in [-0.39, 0.29) is 18.6 Å². The molecule has 8 heteroatoms. The van der Waals surface area contributed by atoms with Gasteiger partial charge in [0.15, 0.2) is 5.96 Å². The average molecular weight is 395 g/mol. The van der Waals surface area contributed by atoms with E-state index >= 15 is 0 Å². The van der Waals surface area contributed by atoms with Gasteiger partial charge in [0.1, 0.15) is 12.3 Å². The Morgan fingerprint density at radius 2 is 2.14 bits per heavy atom. The molecule has 2 rings (SSSR count). The molecule has 158 valence electrons. The summed E-state index contributed by atoms with van der Waals surface area (Å²) in [6.45, 7) is 4.03. The number of hydrogen-bond acceptors (Lipinski definition) is 5. The smallest absolute Gasteiger partial charge is 0.243 e. The third kappa shape index (κ3) is 7.90. The van der Waals surface area contributed by atoms with Gasteiger partial charge in [-0.1, -0.05) is 0 Å². The number of amides is 1. The number of likely N-dealkylation sites (tertiary alicyclic amines) is 1. The number of furan rings is 1. The van der Waals surface area contributed by atoms with Crippen molar-refractivity contribution in [3.63, 3.8) is 0 Å². The van der Waals surface area contributed by atoms with Gasteiger partial charge in [-0.3, -0.25) is 4.79 Å². The van der Waals surface area contributed by atoms with E-state index in [1.807, 2.05) is 12.1 Å². The first-order chi connectivity index (χ1) is 13.6. The van der Waals surface area contributed by atoms with Crippen LogP contribution in [0.15, 0.2) is 27.8 Å². The molecule has 8 nitrogen and oxygen atoms in total. The van der Waals surface area contributed by atoms with E-state index in [4.69, 9.17) is 13.9 Å². The summed E-state index contributed by atoms with van der Waals surface area (Å²) in [4.78, 5) is 20.3. The predicted molar refractivity (Wildman–Crippen MR) is 108 cm³/mol. The fourth-order valence-electron chi connectivity index (χ4n) is 2.99. The molecule has 0 saturated carbocycles. The summed E-state index contributed by atoms with van der Waals surface area (Å²) in [6, 6.07) is 3.85. The molecule has 1 aromatic heterocycles. The molecule has 0 unspecified atom stereocenters. The molecular weight excluding hydrogens is 360 g/mol. The minimum absolute atomic E-state index is 0.0123. The molecule has 0 atom stereocenters. The zero-order valence-corrected chi connectivity index (χ0v) is 17.4. The van der Waals surface area contributed by atoms with Crippen LogP contribution in [0.1, 0.15) is 25.0 Å². The summed E-state index contributed by atoms with van der Waals surface area (Å²) >= 11 is 0. The zero-order chi connectivity index (χ0) is 20.2. The molecule has 1 saturated heterocycles. The Morgan fingerprint density at radius 3 is 2.79 bits per heavy atom. The molecule has 1 N–H and O–H groups in total. The van der Waals surface area contributed by atoms with Gasteiger partial charge in [-0.25, -0.2) is 4.99 Å². The van der Waals surface area contributed by atoms with Crippen LogP contribution in [0.2, 0.25) is 0 Å². The summed E-state index contributed by atoms with van der Waals surface area (Å²) in [6.07, 6.45) is 5.55. The molecule has 2 heterocycles. The number of ether oxygens (including phenoxy) is 2. The predicted octanol–water partition coefficient (Wildman–Crippen LogP) is 1.37. The highest BCUT2D eigenvalue weighted by Gasteiger charge is 2.22. The summed E-state index contributed by atoms with van der Waals surface area (Å²) in [7, 11) is 5.20. The van der Waals surface area contributed by atoms with Crippen LogP contribution < -0.4 is 5.32 Å². The van der Waals surface area contributed by atoms with Crippen LogP contribution in [0, 0.1) is 0 Å². The van der Waals surface area contributed by atoms with Gasteiger partial charge in [0.05, 0.1) is 12.4 Å². The van der Waals surface area contributed by atoms with Crippen LogP contribution in [0.25, 0.3) is 0 Å². The van der Waals surface area contributed by atoms with E-state index < -0.39 is 0 Å². The maximum Gasteiger partial charge on any atom is 0.243 e. The van der Waals surface area contributed by atoms with E-state index in [9.17, 15) is 4.79 Å². The number of nitrogens with one attached hydrogen (secondary N) is 1. The van der Waals surface area contributed by atoms with Gasteiger partial charge in [-0.05, 0) is 31.4 Å². The number of guanidine groups is 1. The van der Waals surface area contributed by atoms with Gasteiger partial charge in [0.2, 0.25) is 5.91 Å². The van der Waals surface area contributed by atoms with Crippen LogP contribution in [-0.2, 0) is 20.7 Å². The molecule has 0 aliphatic carbocycles. The van der Waals surface area contributed by atoms with Crippen LogP contribution in [-0.4, -0.2) is 88.4 Å². The van der Waals surface area contributed by atoms with Crippen molar-refractivity contribution in [3.8, 4) is 0 Å². The lowest BCUT2D eigenvalue weighted by Gasteiger charge is -2.34. The van der Waals surface area contributed by atoms with E-state index in [0.29, 0.717) is 6.54 Å². The summed E-state index contributed by atoms with van der Waals surface area (Å²) in [5.74, 6) is 1.70. The molecule has 0 bridgehead atoms. The highest BCUT2D eigenvalue weighted by atomic mass is 16.5. The highest BCUT2D eigenvalue weighted by Crippen LogP contribution is 2.14. The van der Waals surface area contributed by atoms with Crippen LogP contribution in [0.4, 0.5) is 0 Å². The van der Waals surface area contributed by atoms with Crippen molar-refractivity contribution in [1.82, 2.24) is 15.1 Å². The molecule has 1 aliphatic heterocycles. The largest absolute Gasteiger partial charge is 0.469 e. The first kappa shape index (κ1) is 22.2. The van der Waals surface area contributed by atoms with Crippen molar-refractivity contribution in [1.29, 1.82) is 0 Å². The Balaban J connectivity index is 1.84. The Hall–Kier alpha value is -2.06. The van der Waals surface area contributed by atoms with E-state index in [1.165, 1.54) is 0 Å². The fourth-order valence-corrected chi connectivity index (χ4v) is 2.99. The number of carbonyl (C=O) groups excluding carboxylic acids is 1. The van der Waals surface area contributed by atoms with Crippen molar-refractivity contribution >= 4 is 11.9 Å². The van der Waals surface area contributed by atoms with E-state index in [0.717, 1.165) is 63.7 Å². The zero-order valence-electron chi connectivity index (χ0n) is 17.4. The minimum atomic E-state index is -0.0123. The van der Waals surface area contributed by atoms with Crippen molar-refractivity contribution in [3.05, 3.63) is 24.2 Å². The maximum absolute atomic E-state index is 11.9. The minimum Gasteiger partial charge on any atom is -0.469 e. The number of aliphatic imine (C=N–C) groups is 1. The lowest BCUT2D eigenvalue weighted by molar-refractivity contribution is -0.127. The Morgan fingerprint density at radius 1 is 1.36 bits per heavy atom. The number of methoxy groups -OCH3 is 1. The summed E-state index contributed by atoms with van der Waals surface area (Å²) < 4.78 is 16.4. The second kappa shape index (κ2) is 12.4. The third-order valence-corrected chi connectivity index (χ3v) is 4.69. The number of rotatable bonds is 10. The Labute approximate surface area is 167 Å². The van der Waals surface area contributed by atoms with Crippen LogP contribution in [0.3, 0.4) is 0 Å². The van der Waals surface area contributed by atoms with Crippen molar-refractivity contribution in [2.75, 3.05) is 60.6 Å². The van der Waals surface area contributed by atoms with Crippen molar-refractivity contribution in [2.24, 2.45) is 4.99 Å². The monoisotopic (exact) mass is 394 g/mol. The number of likely N-dealkylation sites (N-methyl/N-ethyl adjacent to an activating group) is 1.